The molecule has 0 spiro atoms. The molecule has 2 N–H and O–H groups in total. The van der Waals surface area contributed by atoms with E-state index in [-0.39, 0.29) is 23.6 Å². The molecule has 1 aromatic carbocycles. The summed E-state index contributed by atoms with van der Waals surface area (Å²) in [5.41, 5.74) is 1.45. The van der Waals surface area contributed by atoms with E-state index in [1.165, 1.54) is 25.4 Å². The predicted molar refractivity (Wildman–Crippen MR) is 90.5 cm³/mol. The molecule has 25 heavy (non-hydrogen) atoms. The molecule has 7 nitrogen and oxygen atoms in total. The zero-order valence-electron chi connectivity index (χ0n) is 13.6. The van der Waals surface area contributed by atoms with Crippen LogP contribution in [0.5, 0.6) is 0 Å². The Kier molecular flexibility index (Phi) is 4.74. The molecular formula is C18H17N3O4. The average Bonchev–Trinajstić information content (AvgIpc) is 3.45. The summed E-state index contributed by atoms with van der Waals surface area (Å²) in [6.07, 6.45) is 3.39. The van der Waals surface area contributed by atoms with Crippen molar-refractivity contribution in [2.24, 2.45) is 0 Å². The number of nitrogens with zero attached hydrogens (tertiary/aromatic N) is 1. The standard InChI is InChI=1S/C18H17N3O4/c1-25-18(24)11-2-4-13(5-3-11)20-16(22)12-8-9-19-15(10-12)17(23)21-14-6-7-14/h2-5,8-10,14H,6-7H2,1H3,(H,20,22)(H,21,23). The summed E-state index contributed by atoms with van der Waals surface area (Å²) in [4.78, 5) is 39.7. The number of pyridine rings is 1. The number of aromatic nitrogens is 1. The summed E-state index contributed by atoms with van der Waals surface area (Å²) in [5.74, 6) is -1.09. The smallest absolute Gasteiger partial charge is 0.337 e. The minimum atomic E-state index is -0.446. The number of anilines is 1. The molecule has 1 aliphatic carbocycles. The van der Waals surface area contributed by atoms with Crippen molar-refractivity contribution in [3.63, 3.8) is 0 Å². The maximum Gasteiger partial charge on any atom is 0.337 e. The Bertz CT molecular complexity index is 813. The van der Waals surface area contributed by atoms with E-state index >= 15 is 0 Å². The highest BCUT2D eigenvalue weighted by molar-refractivity contribution is 6.05. The van der Waals surface area contributed by atoms with Gasteiger partial charge in [-0.2, -0.15) is 0 Å². The van der Waals surface area contributed by atoms with Crippen LogP contribution in [-0.2, 0) is 4.74 Å². The van der Waals surface area contributed by atoms with Gasteiger partial charge in [-0.15, -0.1) is 0 Å². The van der Waals surface area contributed by atoms with E-state index < -0.39 is 5.97 Å². The Morgan fingerprint density at radius 3 is 2.40 bits per heavy atom. The number of hydrogen-bond donors (Lipinski definition) is 2. The van der Waals surface area contributed by atoms with Crippen molar-refractivity contribution in [3.05, 3.63) is 59.4 Å². The highest BCUT2D eigenvalue weighted by Crippen LogP contribution is 2.19. The summed E-state index contributed by atoms with van der Waals surface area (Å²) >= 11 is 0. The number of methoxy groups -OCH3 is 1. The zero-order chi connectivity index (χ0) is 17.8. The van der Waals surface area contributed by atoms with Crippen molar-refractivity contribution < 1.29 is 19.1 Å². The third-order valence-electron chi connectivity index (χ3n) is 3.73. The van der Waals surface area contributed by atoms with E-state index in [0.29, 0.717) is 16.8 Å². The normalized spacial score (nSPS) is 13.0. The third kappa shape index (κ3) is 4.20. The number of rotatable bonds is 5. The molecular weight excluding hydrogens is 322 g/mol. The summed E-state index contributed by atoms with van der Waals surface area (Å²) < 4.78 is 4.62. The number of amides is 2. The molecule has 0 aliphatic heterocycles. The first-order chi connectivity index (χ1) is 12.1. The molecule has 2 amide bonds. The lowest BCUT2D eigenvalue weighted by molar-refractivity contribution is 0.0600. The molecule has 1 aromatic heterocycles. The maximum absolute atomic E-state index is 12.3. The van der Waals surface area contributed by atoms with Gasteiger partial charge in [-0.05, 0) is 49.2 Å². The van der Waals surface area contributed by atoms with Crippen molar-refractivity contribution in [2.75, 3.05) is 12.4 Å². The number of ether oxygens (including phenoxy) is 1. The van der Waals surface area contributed by atoms with Crippen LogP contribution in [0.3, 0.4) is 0 Å². The lowest BCUT2D eigenvalue weighted by Gasteiger charge is -2.07. The van der Waals surface area contributed by atoms with E-state index in [4.69, 9.17) is 0 Å². The first kappa shape index (κ1) is 16.6. The van der Waals surface area contributed by atoms with Crippen LogP contribution in [0, 0.1) is 0 Å². The van der Waals surface area contributed by atoms with Gasteiger partial charge in [0.25, 0.3) is 11.8 Å². The van der Waals surface area contributed by atoms with Crippen molar-refractivity contribution >= 4 is 23.5 Å². The number of benzene rings is 1. The monoisotopic (exact) mass is 339 g/mol. The number of hydrogen-bond acceptors (Lipinski definition) is 5. The lowest BCUT2D eigenvalue weighted by atomic mass is 10.2. The van der Waals surface area contributed by atoms with Crippen molar-refractivity contribution in [1.82, 2.24) is 10.3 Å². The van der Waals surface area contributed by atoms with Crippen LogP contribution in [0.1, 0.15) is 44.0 Å². The van der Waals surface area contributed by atoms with E-state index in [9.17, 15) is 14.4 Å². The molecule has 7 heteroatoms. The minimum absolute atomic E-state index is 0.209. The lowest BCUT2D eigenvalue weighted by Crippen LogP contribution is -2.26. The Morgan fingerprint density at radius 1 is 1.04 bits per heavy atom. The Balaban J connectivity index is 1.68. The average molecular weight is 339 g/mol. The van der Waals surface area contributed by atoms with Crippen LogP contribution < -0.4 is 10.6 Å². The van der Waals surface area contributed by atoms with Gasteiger partial charge in [-0.1, -0.05) is 0 Å². The number of esters is 1. The number of carbonyl (C=O) groups excluding carboxylic acids is 3. The van der Waals surface area contributed by atoms with Gasteiger partial charge in [-0.25, -0.2) is 4.79 Å². The van der Waals surface area contributed by atoms with Gasteiger partial charge in [0.1, 0.15) is 5.69 Å². The van der Waals surface area contributed by atoms with E-state index in [0.717, 1.165) is 12.8 Å². The van der Waals surface area contributed by atoms with Gasteiger partial charge < -0.3 is 15.4 Å². The largest absolute Gasteiger partial charge is 0.465 e. The summed E-state index contributed by atoms with van der Waals surface area (Å²) in [6, 6.07) is 9.53. The predicted octanol–water partition coefficient (Wildman–Crippen LogP) is 2.01. The molecule has 2 aromatic rings. The van der Waals surface area contributed by atoms with Crippen LogP contribution >= 0.6 is 0 Å². The first-order valence-corrected chi connectivity index (χ1v) is 7.83. The second-order valence-corrected chi connectivity index (χ2v) is 5.70. The Hall–Kier alpha value is -3.22. The van der Waals surface area contributed by atoms with Gasteiger partial charge >= 0.3 is 5.97 Å². The second kappa shape index (κ2) is 7.12. The van der Waals surface area contributed by atoms with Crippen molar-refractivity contribution in [1.29, 1.82) is 0 Å². The molecule has 128 valence electrons. The fourth-order valence-corrected chi connectivity index (χ4v) is 2.19. The molecule has 0 saturated heterocycles. The van der Waals surface area contributed by atoms with E-state index in [1.54, 1.807) is 24.3 Å². The molecule has 3 rings (SSSR count). The van der Waals surface area contributed by atoms with Gasteiger partial charge in [0.05, 0.1) is 12.7 Å². The van der Waals surface area contributed by atoms with Gasteiger partial charge in [0, 0.05) is 23.5 Å². The Morgan fingerprint density at radius 2 is 1.76 bits per heavy atom. The molecule has 0 unspecified atom stereocenters. The molecule has 1 aliphatic rings. The molecule has 0 atom stereocenters. The summed E-state index contributed by atoms with van der Waals surface area (Å²) in [7, 11) is 1.30. The fraction of sp³-hybridized carbons (Fsp3) is 0.222. The van der Waals surface area contributed by atoms with E-state index in [1.807, 2.05) is 0 Å². The summed E-state index contributed by atoms with van der Waals surface area (Å²) in [6.45, 7) is 0. The fourth-order valence-electron chi connectivity index (χ4n) is 2.19. The first-order valence-electron chi connectivity index (χ1n) is 7.83. The topological polar surface area (TPSA) is 97.4 Å². The summed E-state index contributed by atoms with van der Waals surface area (Å²) in [5, 5.41) is 5.54. The minimum Gasteiger partial charge on any atom is -0.465 e. The number of carbonyl (C=O) groups is 3. The molecule has 1 heterocycles. The third-order valence-corrected chi connectivity index (χ3v) is 3.73. The van der Waals surface area contributed by atoms with Crippen LogP contribution in [0.25, 0.3) is 0 Å². The van der Waals surface area contributed by atoms with Gasteiger partial charge in [0.15, 0.2) is 0 Å². The molecule has 1 fully saturated rings. The van der Waals surface area contributed by atoms with E-state index in [2.05, 4.69) is 20.4 Å². The van der Waals surface area contributed by atoms with Gasteiger partial charge in [-0.3, -0.25) is 14.6 Å². The quantitative estimate of drug-likeness (QED) is 0.812. The van der Waals surface area contributed by atoms with Crippen LogP contribution in [0.4, 0.5) is 5.69 Å². The van der Waals surface area contributed by atoms with Crippen LogP contribution in [0.2, 0.25) is 0 Å². The van der Waals surface area contributed by atoms with Crippen LogP contribution in [-0.4, -0.2) is 35.9 Å². The molecule has 1 saturated carbocycles. The van der Waals surface area contributed by atoms with Crippen molar-refractivity contribution in [3.8, 4) is 0 Å². The second-order valence-electron chi connectivity index (χ2n) is 5.70. The van der Waals surface area contributed by atoms with Crippen LogP contribution in [0.15, 0.2) is 42.6 Å². The molecule has 0 bridgehead atoms. The zero-order valence-corrected chi connectivity index (χ0v) is 13.6. The van der Waals surface area contributed by atoms with Crippen molar-refractivity contribution in [2.45, 2.75) is 18.9 Å². The Labute approximate surface area is 144 Å². The highest BCUT2D eigenvalue weighted by atomic mass is 16.5. The molecule has 0 radical (unpaired) electrons. The SMILES string of the molecule is COC(=O)c1ccc(NC(=O)c2ccnc(C(=O)NC3CC3)c2)cc1. The highest BCUT2D eigenvalue weighted by Gasteiger charge is 2.24. The maximum atomic E-state index is 12.3. The van der Waals surface area contributed by atoms with Gasteiger partial charge in [0.2, 0.25) is 0 Å². The number of nitrogens with one attached hydrogen (secondary N) is 2.